The Morgan fingerprint density at radius 2 is 2.10 bits per heavy atom. The minimum absolute atomic E-state index is 0.110. The highest BCUT2D eigenvalue weighted by Gasteiger charge is 2.50. The highest BCUT2D eigenvalue weighted by atomic mass is 16.6. The molecule has 1 saturated carbocycles. The van der Waals surface area contributed by atoms with Crippen LogP contribution in [0.2, 0.25) is 0 Å². The van der Waals surface area contributed by atoms with Gasteiger partial charge in [-0.05, 0) is 40.0 Å². The summed E-state index contributed by atoms with van der Waals surface area (Å²) in [4.78, 5) is 23.7. The molecule has 1 heterocycles. The van der Waals surface area contributed by atoms with Gasteiger partial charge in [0.05, 0.1) is 5.92 Å². The van der Waals surface area contributed by atoms with Gasteiger partial charge < -0.3 is 9.47 Å². The van der Waals surface area contributed by atoms with E-state index >= 15 is 0 Å². The molecule has 2 aliphatic rings. The minimum Gasteiger partial charge on any atom is -0.462 e. The number of ether oxygens (including phenoxy) is 2. The van der Waals surface area contributed by atoms with E-state index in [1.807, 2.05) is 20.8 Å². The van der Waals surface area contributed by atoms with Gasteiger partial charge in [0.15, 0.2) is 0 Å². The second-order valence-electron chi connectivity index (χ2n) is 6.67. The lowest BCUT2D eigenvalue weighted by Gasteiger charge is -2.20. The third-order valence-electron chi connectivity index (χ3n) is 3.60. The Kier molecular flexibility index (Phi) is 4.51. The van der Waals surface area contributed by atoms with Gasteiger partial charge in [0.1, 0.15) is 11.7 Å². The third-order valence-corrected chi connectivity index (χ3v) is 3.60. The zero-order chi connectivity index (χ0) is 14.8. The van der Waals surface area contributed by atoms with Crippen LogP contribution in [0.5, 0.6) is 0 Å². The van der Waals surface area contributed by atoms with Crippen LogP contribution in [0.15, 0.2) is 12.2 Å². The van der Waals surface area contributed by atoms with Crippen molar-refractivity contribution in [2.75, 3.05) is 0 Å². The number of allylic oxidation sites excluding steroid dienone is 1. The van der Waals surface area contributed by atoms with Crippen molar-refractivity contribution >= 4 is 11.9 Å². The van der Waals surface area contributed by atoms with Crippen LogP contribution in [0.3, 0.4) is 0 Å². The van der Waals surface area contributed by atoms with Crippen molar-refractivity contribution in [3.8, 4) is 0 Å². The molecule has 1 aliphatic carbocycles. The van der Waals surface area contributed by atoms with Gasteiger partial charge in [0, 0.05) is 18.8 Å². The largest absolute Gasteiger partial charge is 0.462 e. The molecule has 1 aliphatic heterocycles. The van der Waals surface area contributed by atoms with Crippen molar-refractivity contribution in [1.82, 2.24) is 0 Å². The average Bonchev–Trinajstić information content (AvgIpc) is 3.08. The summed E-state index contributed by atoms with van der Waals surface area (Å²) < 4.78 is 10.9. The number of hydrogen-bond donors (Lipinski definition) is 0. The molecule has 4 nitrogen and oxygen atoms in total. The standard InChI is InChI=1S/C16H24O4/c1-16(2,3)20-15(18)12-10-11(12)13-8-6-4-5-7-9-14(17)19-13/h4,6,11-13H,5,7-10H2,1-3H3/b6-4-/t11-,12-,13+/m1/s1. The van der Waals surface area contributed by atoms with Gasteiger partial charge in [-0.3, -0.25) is 9.59 Å². The highest BCUT2D eigenvalue weighted by molar-refractivity contribution is 5.76. The maximum Gasteiger partial charge on any atom is 0.309 e. The number of carbonyl (C=O) groups is 2. The van der Waals surface area contributed by atoms with E-state index in [2.05, 4.69) is 12.2 Å². The van der Waals surface area contributed by atoms with Gasteiger partial charge >= 0.3 is 11.9 Å². The molecule has 0 N–H and O–H groups in total. The maximum absolute atomic E-state index is 12.0. The molecule has 1 fully saturated rings. The smallest absolute Gasteiger partial charge is 0.309 e. The van der Waals surface area contributed by atoms with Gasteiger partial charge in [-0.25, -0.2) is 0 Å². The fraction of sp³-hybridized carbons (Fsp3) is 0.750. The first-order valence-electron chi connectivity index (χ1n) is 7.44. The Morgan fingerprint density at radius 3 is 2.80 bits per heavy atom. The van der Waals surface area contributed by atoms with Crippen LogP contribution in [0, 0.1) is 11.8 Å². The number of hydrogen-bond acceptors (Lipinski definition) is 4. The number of rotatable bonds is 2. The summed E-state index contributed by atoms with van der Waals surface area (Å²) in [7, 11) is 0. The van der Waals surface area contributed by atoms with E-state index < -0.39 is 5.60 Å². The zero-order valence-corrected chi connectivity index (χ0v) is 12.6. The van der Waals surface area contributed by atoms with E-state index in [1.165, 1.54) is 0 Å². The normalized spacial score (nSPS) is 32.4. The molecule has 0 bridgehead atoms. The van der Waals surface area contributed by atoms with Crippen LogP contribution in [0.1, 0.15) is 52.9 Å². The first kappa shape index (κ1) is 15.1. The molecule has 0 saturated heterocycles. The minimum atomic E-state index is -0.459. The lowest BCUT2D eigenvalue weighted by molar-refractivity contribution is -0.159. The Hall–Kier alpha value is -1.32. The zero-order valence-electron chi connectivity index (χ0n) is 12.6. The van der Waals surface area contributed by atoms with E-state index in [4.69, 9.17) is 9.47 Å². The fourth-order valence-corrected chi connectivity index (χ4v) is 2.52. The van der Waals surface area contributed by atoms with Crippen molar-refractivity contribution in [2.24, 2.45) is 11.8 Å². The molecule has 20 heavy (non-hydrogen) atoms. The molecule has 3 atom stereocenters. The van der Waals surface area contributed by atoms with Gasteiger partial charge in [-0.1, -0.05) is 12.2 Å². The Bertz CT molecular complexity index is 405. The van der Waals surface area contributed by atoms with Crippen LogP contribution >= 0.6 is 0 Å². The average molecular weight is 280 g/mol. The molecule has 0 aromatic heterocycles. The molecule has 0 unspecified atom stereocenters. The first-order chi connectivity index (χ1) is 9.37. The maximum atomic E-state index is 12.0. The van der Waals surface area contributed by atoms with Crippen LogP contribution in [-0.4, -0.2) is 23.6 Å². The number of carbonyl (C=O) groups excluding carboxylic acids is 2. The van der Waals surface area contributed by atoms with Gasteiger partial charge in [0.2, 0.25) is 0 Å². The lowest BCUT2D eigenvalue weighted by atomic mass is 10.1. The number of cyclic esters (lactones) is 1. The van der Waals surface area contributed by atoms with E-state index in [0.717, 1.165) is 19.3 Å². The predicted molar refractivity (Wildman–Crippen MR) is 74.9 cm³/mol. The summed E-state index contributed by atoms with van der Waals surface area (Å²) >= 11 is 0. The van der Waals surface area contributed by atoms with E-state index in [0.29, 0.717) is 12.8 Å². The molecule has 0 aromatic rings. The Balaban J connectivity index is 1.91. The Labute approximate surface area is 120 Å². The summed E-state index contributed by atoms with van der Waals surface area (Å²) in [6.45, 7) is 5.60. The quantitative estimate of drug-likeness (QED) is 0.576. The van der Waals surface area contributed by atoms with Gasteiger partial charge in [-0.2, -0.15) is 0 Å². The lowest BCUT2D eigenvalue weighted by Crippen LogP contribution is -2.27. The SMILES string of the molecule is CC(C)(C)OC(=O)[C@@H]1C[C@H]1[C@@H]1C/C=C\CCCC(=O)O1. The summed E-state index contributed by atoms with van der Waals surface area (Å²) in [5.74, 6) is -0.298. The van der Waals surface area contributed by atoms with E-state index in [1.54, 1.807) is 0 Å². The highest BCUT2D eigenvalue weighted by Crippen LogP contribution is 2.45. The molecule has 4 heteroatoms. The van der Waals surface area contributed by atoms with Crippen molar-refractivity contribution < 1.29 is 19.1 Å². The van der Waals surface area contributed by atoms with Crippen molar-refractivity contribution in [1.29, 1.82) is 0 Å². The van der Waals surface area contributed by atoms with E-state index in [9.17, 15) is 9.59 Å². The monoisotopic (exact) mass is 280 g/mol. The molecule has 2 rings (SSSR count). The van der Waals surface area contributed by atoms with Crippen molar-refractivity contribution in [3.05, 3.63) is 12.2 Å². The molecule has 0 radical (unpaired) electrons. The fourth-order valence-electron chi connectivity index (χ4n) is 2.52. The second kappa shape index (κ2) is 5.98. The molecule has 0 spiro atoms. The van der Waals surface area contributed by atoms with Gasteiger partial charge in [0.25, 0.3) is 0 Å². The third kappa shape index (κ3) is 4.36. The first-order valence-corrected chi connectivity index (χ1v) is 7.44. The molecular formula is C16H24O4. The summed E-state index contributed by atoms with van der Waals surface area (Å²) in [5.41, 5.74) is -0.459. The second-order valence-corrected chi connectivity index (χ2v) is 6.67. The molecule has 0 amide bonds. The van der Waals surface area contributed by atoms with Crippen LogP contribution in [-0.2, 0) is 19.1 Å². The predicted octanol–water partition coefficient (Wildman–Crippen LogP) is 3.01. The van der Waals surface area contributed by atoms with Crippen LogP contribution < -0.4 is 0 Å². The summed E-state index contributed by atoms with van der Waals surface area (Å²) in [6.07, 6.45) is 7.67. The van der Waals surface area contributed by atoms with Crippen molar-refractivity contribution in [3.63, 3.8) is 0 Å². The van der Waals surface area contributed by atoms with Crippen LogP contribution in [0.4, 0.5) is 0 Å². The molecule has 0 aromatic carbocycles. The Morgan fingerprint density at radius 1 is 1.35 bits per heavy atom. The van der Waals surface area contributed by atoms with Crippen molar-refractivity contribution in [2.45, 2.75) is 64.6 Å². The topological polar surface area (TPSA) is 52.6 Å². The summed E-state index contributed by atoms with van der Waals surface area (Å²) in [5, 5.41) is 0. The molecule has 112 valence electrons. The van der Waals surface area contributed by atoms with Crippen LogP contribution in [0.25, 0.3) is 0 Å². The molecular weight excluding hydrogens is 256 g/mol. The summed E-state index contributed by atoms with van der Waals surface area (Å²) in [6, 6.07) is 0. The number of esters is 2. The van der Waals surface area contributed by atoms with E-state index in [-0.39, 0.29) is 29.9 Å². The van der Waals surface area contributed by atoms with Gasteiger partial charge in [-0.15, -0.1) is 0 Å².